The molecule has 1 aromatic heterocycles. The van der Waals surface area contributed by atoms with Gasteiger partial charge in [0.15, 0.2) is 0 Å². The Balaban J connectivity index is 1.51. The number of carbonyl (C=O) groups excluding carboxylic acids is 2. The molecule has 2 aliphatic rings. The van der Waals surface area contributed by atoms with E-state index in [2.05, 4.69) is 0 Å². The normalized spacial score (nSPS) is 23.5. The van der Waals surface area contributed by atoms with Crippen LogP contribution in [0.1, 0.15) is 23.2 Å². The van der Waals surface area contributed by atoms with Crippen molar-refractivity contribution in [1.29, 1.82) is 0 Å². The van der Waals surface area contributed by atoms with Gasteiger partial charge < -0.3 is 9.80 Å². The number of hydrogen-bond donors (Lipinski definition) is 0. The smallest absolute Gasteiger partial charge is 0.254 e. The maximum Gasteiger partial charge on any atom is 0.254 e. The van der Waals surface area contributed by atoms with Crippen molar-refractivity contribution < 1.29 is 14.0 Å². The van der Waals surface area contributed by atoms with Gasteiger partial charge in [-0.25, -0.2) is 4.39 Å². The largest absolute Gasteiger partial charge is 0.338 e. The zero-order valence-electron chi connectivity index (χ0n) is 13.1. The van der Waals surface area contributed by atoms with E-state index in [4.69, 9.17) is 0 Å². The highest BCUT2D eigenvalue weighted by Crippen LogP contribution is 2.42. The lowest BCUT2D eigenvalue weighted by molar-refractivity contribution is -0.117. The van der Waals surface area contributed by atoms with Gasteiger partial charge >= 0.3 is 0 Å². The van der Waals surface area contributed by atoms with Crippen LogP contribution in [0.2, 0.25) is 0 Å². The van der Waals surface area contributed by atoms with E-state index in [1.165, 1.54) is 23.5 Å². The second-order valence-electron chi connectivity index (χ2n) is 6.63. The third-order valence-corrected chi connectivity index (χ3v) is 5.62. The molecule has 3 heterocycles. The summed E-state index contributed by atoms with van der Waals surface area (Å²) in [5.41, 5.74) is 1.09. The maximum absolute atomic E-state index is 13.5. The van der Waals surface area contributed by atoms with Gasteiger partial charge in [-0.2, -0.15) is 11.3 Å². The summed E-state index contributed by atoms with van der Waals surface area (Å²) < 4.78 is 13.5. The number of thiophene rings is 1. The van der Waals surface area contributed by atoms with E-state index in [1.807, 2.05) is 21.7 Å². The van der Waals surface area contributed by atoms with Crippen LogP contribution in [0.4, 0.5) is 10.1 Å². The van der Waals surface area contributed by atoms with E-state index in [-0.39, 0.29) is 23.0 Å². The van der Waals surface area contributed by atoms with Gasteiger partial charge in [0.1, 0.15) is 5.82 Å². The Morgan fingerprint density at radius 3 is 2.88 bits per heavy atom. The van der Waals surface area contributed by atoms with Gasteiger partial charge in [-0.15, -0.1) is 0 Å². The molecule has 0 unspecified atom stereocenters. The Morgan fingerprint density at radius 2 is 2.12 bits per heavy atom. The van der Waals surface area contributed by atoms with Crippen LogP contribution in [0.3, 0.4) is 0 Å². The van der Waals surface area contributed by atoms with Crippen LogP contribution in [0.5, 0.6) is 0 Å². The number of likely N-dealkylation sites (tertiary alicyclic amines) is 1. The molecule has 1 atom stereocenters. The van der Waals surface area contributed by atoms with Gasteiger partial charge in [-0.3, -0.25) is 9.59 Å². The van der Waals surface area contributed by atoms with Crippen molar-refractivity contribution in [2.75, 3.05) is 24.5 Å². The molecule has 2 saturated heterocycles. The summed E-state index contributed by atoms with van der Waals surface area (Å²) in [5, 5.41) is 3.75. The molecule has 2 aliphatic heterocycles. The lowest BCUT2D eigenvalue weighted by atomic mass is 9.86. The predicted molar refractivity (Wildman–Crippen MR) is 90.6 cm³/mol. The quantitative estimate of drug-likeness (QED) is 0.840. The van der Waals surface area contributed by atoms with E-state index >= 15 is 0 Å². The summed E-state index contributed by atoms with van der Waals surface area (Å²) in [7, 11) is 0. The molecule has 0 N–H and O–H groups in total. The average molecular weight is 344 g/mol. The van der Waals surface area contributed by atoms with Crippen molar-refractivity contribution in [3.8, 4) is 0 Å². The number of halogens is 1. The topological polar surface area (TPSA) is 40.6 Å². The first-order valence-electron chi connectivity index (χ1n) is 7.94. The minimum atomic E-state index is -0.345. The highest BCUT2D eigenvalue weighted by Gasteiger charge is 2.48. The molecule has 2 aromatic rings. The Hall–Kier alpha value is -2.21. The van der Waals surface area contributed by atoms with Crippen molar-refractivity contribution in [1.82, 2.24) is 4.90 Å². The number of hydrogen-bond acceptors (Lipinski definition) is 3. The third kappa shape index (κ3) is 2.60. The highest BCUT2D eigenvalue weighted by molar-refractivity contribution is 7.08. The average Bonchev–Trinajstić information content (AvgIpc) is 3.28. The summed E-state index contributed by atoms with van der Waals surface area (Å²) in [6, 6.07) is 7.96. The molecule has 1 spiro atoms. The third-order valence-electron chi connectivity index (χ3n) is 4.93. The molecule has 2 fully saturated rings. The SMILES string of the molecule is O=C(c1ccsc1)N1CC[C@@]2(CC(=O)N(c3cccc(F)c3)C2)C1. The molecular formula is C18H17FN2O2S. The Morgan fingerprint density at radius 1 is 1.25 bits per heavy atom. The van der Waals surface area contributed by atoms with Crippen LogP contribution < -0.4 is 4.90 Å². The molecule has 0 bridgehead atoms. The molecule has 4 rings (SSSR count). The fraction of sp³-hybridized carbons (Fsp3) is 0.333. The second kappa shape index (κ2) is 5.70. The molecule has 24 heavy (non-hydrogen) atoms. The van der Waals surface area contributed by atoms with Gasteiger partial charge in [0.05, 0.1) is 5.56 Å². The van der Waals surface area contributed by atoms with Crippen molar-refractivity contribution in [2.24, 2.45) is 5.41 Å². The van der Waals surface area contributed by atoms with Crippen molar-refractivity contribution in [3.05, 3.63) is 52.5 Å². The van der Waals surface area contributed by atoms with Crippen LogP contribution in [-0.2, 0) is 4.79 Å². The van der Waals surface area contributed by atoms with E-state index in [1.54, 1.807) is 17.0 Å². The number of nitrogens with zero attached hydrogens (tertiary/aromatic N) is 2. The first-order chi connectivity index (χ1) is 11.6. The fourth-order valence-corrected chi connectivity index (χ4v) is 4.36. The van der Waals surface area contributed by atoms with Crippen molar-refractivity contribution in [3.63, 3.8) is 0 Å². The molecule has 124 valence electrons. The van der Waals surface area contributed by atoms with Crippen LogP contribution >= 0.6 is 11.3 Å². The van der Waals surface area contributed by atoms with E-state index < -0.39 is 0 Å². The lowest BCUT2D eigenvalue weighted by Crippen LogP contribution is -2.34. The van der Waals surface area contributed by atoms with Gasteiger partial charge in [0, 0.05) is 42.5 Å². The van der Waals surface area contributed by atoms with Crippen LogP contribution in [0, 0.1) is 11.2 Å². The standard InChI is InChI=1S/C18H17FN2O2S/c19-14-2-1-3-15(8-14)21-12-18(9-16(21)22)5-6-20(11-18)17(23)13-4-7-24-10-13/h1-4,7-8,10H,5-6,9,11-12H2/t18-/m1/s1. The van der Waals surface area contributed by atoms with Gasteiger partial charge in [0.2, 0.25) is 5.91 Å². The van der Waals surface area contributed by atoms with Gasteiger partial charge in [-0.05, 0) is 36.1 Å². The van der Waals surface area contributed by atoms with Crippen LogP contribution in [0.15, 0.2) is 41.1 Å². The number of amides is 2. The molecule has 1 aromatic carbocycles. The molecule has 2 amide bonds. The first kappa shape index (κ1) is 15.3. The minimum Gasteiger partial charge on any atom is -0.338 e. The maximum atomic E-state index is 13.5. The first-order valence-corrected chi connectivity index (χ1v) is 8.88. The summed E-state index contributed by atoms with van der Waals surface area (Å²) in [6.07, 6.45) is 1.22. The monoisotopic (exact) mass is 344 g/mol. The number of benzene rings is 1. The summed E-state index contributed by atoms with van der Waals surface area (Å²) in [5.74, 6) is -0.308. The van der Waals surface area contributed by atoms with Crippen LogP contribution in [0.25, 0.3) is 0 Å². The summed E-state index contributed by atoms with van der Waals surface area (Å²) in [4.78, 5) is 28.5. The molecule has 6 heteroatoms. The van der Waals surface area contributed by atoms with E-state index in [0.29, 0.717) is 37.3 Å². The van der Waals surface area contributed by atoms with Crippen molar-refractivity contribution in [2.45, 2.75) is 12.8 Å². The zero-order valence-corrected chi connectivity index (χ0v) is 13.9. The minimum absolute atomic E-state index is 0.00503. The Bertz CT molecular complexity index is 792. The van der Waals surface area contributed by atoms with Gasteiger partial charge in [-0.1, -0.05) is 6.07 Å². The number of carbonyl (C=O) groups is 2. The fourth-order valence-electron chi connectivity index (χ4n) is 3.73. The van der Waals surface area contributed by atoms with Crippen molar-refractivity contribution >= 4 is 28.8 Å². The Kier molecular flexibility index (Phi) is 3.64. The molecule has 0 radical (unpaired) electrons. The summed E-state index contributed by atoms with van der Waals surface area (Å²) in [6.45, 7) is 1.79. The lowest BCUT2D eigenvalue weighted by Gasteiger charge is -2.24. The van der Waals surface area contributed by atoms with E-state index in [0.717, 1.165) is 6.42 Å². The zero-order chi connectivity index (χ0) is 16.7. The molecule has 0 saturated carbocycles. The summed E-state index contributed by atoms with van der Waals surface area (Å²) >= 11 is 1.50. The van der Waals surface area contributed by atoms with E-state index in [9.17, 15) is 14.0 Å². The van der Waals surface area contributed by atoms with Gasteiger partial charge in [0.25, 0.3) is 5.91 Å². The molecule has 4 nitrogen and oxygen atoms in total. The second-order valence-corrected chi connectivity index (χ2v) is 7.41. The predicted octanol–water partition coefficient (Wildman–Crippen LogP) is 3.16. The Labute approximate surface area is 143 Å². The molecule has 0 aliphatic carbocycles. The number of rotatable bonds is 2. The highest BCUT2D eigenvalue weighted by atomic mass is 32.1. The van der Waals surface area contributed by atoms with Crippen LogP contribution in [-0.4, -0.2) is 36.3 Å². The molecular weight excluding hydrogens is 327 g/mol. The number of anilines is 1.